The van der Waals surface area contributed by atoms with Gasteiger partial charge in [-0.05, 0) is 0 Å². The van der Waals surface area contributed by atoms with Gasteiger partial charge in [0.2, 0.25) is 0 Å². The number of aliphatic hydroxyl groups excluding tert-OH is 2. The van der Waals surface area contributed by atoms with E-state index < -0.39 is 30.2 Å². The van der Waals surface area contributed by atoms with Gasteiger partial charge in [-0.15, -0.1) is 0 Å². The number of ether oxygens (including phenoxy) is 2. The summed E-state index contributed by atoms with van der Waals surface area (Å²) in [6.45, 7) is -0.382. The number of fused-ring (bicyclic) bond motifs is 1. The zero-order valence-corrected chi connectivity index (χ0v) is 10.5. The zero-order chi connectivity index (χ0) is 13.5. The summed E-state index contributed by atoms with van der Waals surface area (Å²) in [6.07, 6.45) is -1.82. The average molecular weight is 266 g/mol. The molecule has 0 spiro atoms. The Bertz CT molecular complexity index is 437. The SMILES string of the molecule is OC[C@@]1(O)C[C@@H](O)[C@@H]2O[C@@H](c3ccccc3)O[C@@H]2C1. The summed E-state index contributed by atoms with van der Waals surface area (Å²) in [5, 5.41) is 29.4. The third-order valence-electron chi connectivity index (χ3n) is 3.86. The summed E-state index contributed by atoms with van der Waals surface area (Å²) in [4.78, 5) is 0. The lowest BCUT2D eigenvalue weighted by Gasteiger charge is -2.38. The van der Waals surface area contributed by atoms with Crippen LogP contribution in [-0.4, -0.2) is 45.8 Å². The molecule has 2 aliphatic rings. The lowest BCUT2D eigenvalue weighted by molar-refractivity contribution is -0.131. The Morgan fingerprint density at radius 1 is 1.16 bits per heavy atom. The van der Waals surface area contributed by atoms with Gasteiger partial charge in [-0.3, -0.25) is 0 Å². The molecule has 5 nitrogen and oxygen atoms in total. The quantitative estimate of drug-likeness (QED) is 0.719. The fourth-order valence-electron chi connectivity index (χ4n) is 2.86. The van der Waals surface area contributed by atoms with Gasteiger partial charge in [-0.25, -0.2) is 0 Å². The molecule has 1 aliphatic heterocycles. The van der Waals surface area contributed by atoms with Crippen LogP contribution in [0.5, 0.6) is 0 Å². The summed E-state index contributed by atoms with van der Waals surface area (Å²) in [5.74, 6) is 0. The maximum atomic E-state index is 10.1. The molecule has 1 heterocycles. The van der Waals surface area contributed by atoms with Gasteiger partial charge < -0.3 is 24.8 Å². The van der Waals surface area contributed by atoms with E-state index in [9.17, 15) is 15.3 Å². The normalized spacial score (nSPS) is 42.1. The molecular formula is C14H18O5. The lowest BCUT2D eigenvalue weighted by atomic mass is 9.80. The Balaban J connectivity index is 1.77. The number of hydrogen-bond donors (Lipinski definition) is 3. The van der Waals surface area contributed by atoms with Crippen molar-refractivity contribution in [1.82, 2.24) is 0 Å². The summed E-state index contributed by atoms with van der Waals surface area (Å²) in [6, 6.07) is 9.49. The van der Waals surface area contributed by atoms with Crippen LogP contribution in [0.1, 0.15) is 24.7 Å². The maximum absolute atomic E-state index is 10.1. The highest BCUT2D eigenvalue weighted by Gasteiger charge is 2.51. The molecule has 0 unspecified atom stereocenters. The molecule has 19 heavy (non-hydrogen) atoms. The summed E-state index contributed by atoms with van der Waals surface area (Å²) < 4.78 is 11.5. The first-order chi connectivity index (χ1) is 9.11. The van der Waals surface area contributed by atoms with Crippen molar-refractivity contribution in [2.24, 2.45) is 0 Å². The largest absolute Gasteiger partial charge is 0.393 e. The molecule has 0 bridgehead atoms. The van der Waals surface area contributed by atoms with Crippen LogP contribution in [-0.2, 0) is 9.47 Å². The van der Waals surface area contributed by atoms with Crippen LogP contribution >= 0.6 is 0 Å². The van der Waals surface area contributed by atoms with Crippen LogP contribution in [0.25, 0.3) is 0 Å². The third-order valence-corrected chi connectivity index (χ3v) is 3.86. The second-order valence-corrected chi connectivity index (χ2v) is 5.38. The van der Waals surface area contributed by atoms with Gasteiger partial charge in [0, 0.05) is 18.4 Å². The molecule has 0 radical (unpaired) electrons. The topological polar surface area (TPSA) is 79.2 Å². The van der Waals surface area contributed by atoms with Crippen LogP contribution in [0.4, 0.5) is 0 Å². The minimum Gasteiger partial charge on any atom is -0.393 e. The van der Waals surface area contributed by atoms with Gasteiger partial charge in [0.1, 0.15) is 6.10 Å². The zero-order valence-electron chi connectivity index (χ0n) is 10.5. The molecule has 1 aromatic rings. The molecule has 0 aromatic heterocycles. The van der Waals surface area contributed by atoms with Gasteiger partial charge in [0.15, 0.2) is 6.29 Å². The van der Waals surface area contributed by atoms with Crippen LogP contribution in [0.2, 0.25) is 0 Å². The molecule has 2 fully saturated rings. The molecule has 3 rings (SSSR count). The number of aliphatic hydroxyl groups is 3. The fourth-order valence-corrected chi connectivity index (χ4v) is 2.86. The van der Waals surface area contributed by atoms with Gasteiger partial charge in [-0.1, -0.05) is 30.3 Å². The van der Waals surface area contributed by atoms with E-state index in [2.05, 4.69) is 0 Å². The predicted molar refractivity (Wildman–Crippen MR) is 66.2 cm³/mol. The molecule has 5 heteroatoms. The van der Waals surface area contributed by atoms with Crippen molar-refractivity contribution in [1.29, 1.82) is 0 Å². The Morgan fingerprint density at radius 3 is 2.58 bits per heavy atom. The Morgan fingerprint density at radius 2 is 1.89 bits per heavy atom. The van der Waals surface area contributed by atoms with E-state index in [0.29, 0.717) is 0 Å². The third kappa shape index (κ3) is 2.40. The second kappa shape index (κ2) is 4.85. The van der Waals surface area contributed by atoms with E-state index in [1.54, 1.807) is 0 Å². The predicted octanol–water partition coefficient (Wildman–Crippen LogP) is 0.347. The lowest BCUT2D eigenvalue weighted by Crippen LogP contribution is -2.52. The van der Waals surface area contributed by atoms with Crippen LogP contribution in [0.3, 0.4) is 0 Å². The highest BCUT2D eigenvalue weighted by atomic mass is 16.7. The van der Waals surface area contributed by atoms with Gasteiger partial charge >= 0.3 is 0 Å². The number of hydrogen-bond acceptors (Lipinski definition) is 5. The van der Waals surface area contributed by atoms with Crippen LogP contribution < -0.4 is 0 Å². The number of benzene rings is 1. The molecule has 1 saturated heterocycles. The highest BCUT2D eigenvalue weighted by Crippen LogP contribution is 2.41. The van der Waals surface area contributed by atoms with Crippen LogP contribution in [0, 0.1) is 0 Å². The molecule has 1 saturated carbocycles. The molecule has 1 aliphatic carbocycles. The van der Waals surface area contributed by atoms with Gasteiger partial charge in [0.25, 0.3) is 0 Å². The van der Waals surface area contributed by atoms with E-state index in [4.69, 9.17) is 9.47 Å². The van der Waals surface area contributed by atoms with Crippen molar-refractivity contribution < 1.29 is 24.8 Å². The average Bonchev–Trinajstić information content (AvgIpc) is 2.84. The first-order valence-electron chi connectivity index (χ1n) is 6.48. The summed E-state index contributed by atoms with van der Waals surface area (Å²) in [7, 11) is 0. The van der Waals surface area contributed by atoms with Crippen molar-refractivity contribution in [3.8, 4) is 0 Å². The van der Waals surface area contributed by atoms with E-state index in [-0.39, 0.29) is 19.4 Å². The molecule has 3 N–H and O–H groups in total. The van der Waals surface area contributed by atoms with Crippen LogP contribution in [0.15, 0.2) is 30.3 Å². The summed E-state index contributed by atoms with van der Waals surface area (Å²) >= 11 is 0. The minimum atomic E-state index is -1.28. The van der Waals surface area contributed by atoms with E-state index in [1.165, 1.54) is 0 Å². The van der Waals surface area contributed by atoms with E-state index >= 15 is 0 Å². The maximum Gasteiger partial charge on any atom is 0.184 e. The molecular weight excluding hydrogens is 248 g/mol. The van der Waals surface area contributed by atoms with Crippen molar-refractivity contribution in [2.75, 3.05) is 6.61 Å². The minimum absolute atomic E-state index is 0.107. The van der Waals surface area contributed by atoms with Crippen molar-refractivity contribution >= 4 is 0 Å². The number of rotatable bonds is 2. The Kier molecular flexibility index (Phi) is 3.32. The van der Waals surface area contributed by atoms with Crippen molar-refractivity contribution in [3.63, 3.8) is 0 Å². The van der Waals surface area contributed by atoms with E-state index in [0.717, 1.165) is 5.56 Å². The summed E-state index contributed by atoms with van der Waals surface area (Å²) in [5.41, 5.74) is -0.396. The van der Waals surface area contributed by atoms with Crippen molar-refractivity contribution in [2.45, 2.75) is 43.0 Å². The smallest absolute Gasteiger partial charge is 0.184 e. The fraction of sp³-hybridized carbons (Fsp3) is 0.571. The standard InChI is InChI=1S/C14H18O5/c15-8-14(17)6-10(16)12-11(7-14)18-13(19-12)9-4-2-1-3-5-9/h1-5,10-13,15-17H,6-8H2/t10-,11-,12+,13+,14-/m1/s1. The molecule has 1 aromatic carbocycles. The molecule has 0 amide bonds. The van der Waals surface area contributed by atoms with E-state index in [1.807, 2.05) is 30.3 Å². The Labute approximate surface area is 111 Å². The Hall–Kier alpha value is -0.980. The molecule has 5 atom stereocenters. The van der Waals surface area contributed by atoms with Crippen molar-refractivity contribution in [3.05, 3.63) is 35.9 Å². The second-order valence-electron chi connectivity index (χ2n) is 5.38. The monoisotopic (exact) mass is 266 g/mol. The highest BCUT2D eigenvalue weighted by molar-refractivity contribution is 5.17. The first kappa shape index (κ1) is 13.0. The molecule has 104 valence electrons. The first-order valence-corrected chi connectivity index (χ1v) is 6.48. The van der Waals surface area contributed by atoms with Gasteiger partial charge in [-0.2, -0.15) is 0 Å². The van der Waals surface area contributed by atoms with Gasteiger partial charge in [0.05, 0.1) is 24.4 Å².